The van der Waals surface area contributed by atoms with Gasteiger partial charge in [0, 0.05) is 48.7 Å². The lowest BCUT2D eigenvalue weighted by molar-refractivity contribution is -0.132. The zero-order chi connectivity index (χ0) is 20.9. The van der Waals surface area contributed by atoms with Crippen LogP contribution in [0.1, 0.15) is 42.0 Å². The standard InChI is InChI=1S/C24H26N4O2/c1-17-21(24(30)27-23(26-17)20-9-13-25-14-10-20)7-8-22(29)28-15-11-19(12-16-28)18-5-3-2-4-6-18/h2-6,9-10,13-14,19H,7-8,11-12,15-16H2,1H3,(H,26,27,30). The predicted octanol–water partition coefficient (Wildman–Crippen LogP) is 3.48. The Kier molecular flexibility index (Phi) is 6.02. The molecule has 1 fully saturated rings. The van der Waals surface area contributed by atoms with Gasteiger partial charge in [-0.3, -0.25) is 14.6 Å². The number of H-pyrrole nitrogens is 1. The van der Waals surface area contributed by atoms with Crippen molar-refractivity contribution in [3.05, 3.63) is 82.0 Å². The largest absolute Gasteiger partial charge is 0.343 e. The average molecular weight is 402 g/mol. The number of hydrogen-bond acceptors (Lipinski definition) is 4. The maximum atomic E-state index is 12.7. The first-order valence-electron chi connectivity index (χ1n) is 10.4. The summed E-state index contributed by atoms with van der Waals surface area (Å²) in [7, 11) is 0. The van der Waals surface area contributed by atoms with E-state index in [1.807, 2.05) is 17.9 Å². The van der Waals surface area contributed by atoms with E-state index in [0.29, 0.717) is 35.8 Å². The number of carbonyl (C=O) groups is 1. The van der Waals surface area contributed by atoms with Crippen molar-refractivity contribution in [1.29, 1.82) is 0 Å². The van der Waals surface area contributed by atoms with Crippen molar-refractivity contribution in [2.24, 2.45) is 0 Å². The van der Waals surface area contributed by atoms with Crippen LogP contribution >= 0.6 is 0 Å². The summed E-state index contributed by atoms with van der Waals surface area (Å²) in [6, 6.07) is 14.1. The van der Waals surface area contributed by atoms with E-state index < -0.39 is 0 Å². The lowest BCUT2D eigenvalue weighted by Gasteiger charge is -2.32. The Balaban J connectivity index is 1.36. The number of aromatic amines is 1. The van der Waals surface area contributed by atoms with Gasteiger partial charge in [-0.05, 0) is 49.8 Å². The van der Waals surface area contributed by atoms with E-state index in [4.69, 9.17) is 0 Å². The van der Waals surface area contributed by atoms with Crippen LogP contribution in [0.4, 0.5) is 0 Å². The van der Waals surface area contributed by atoms with Gasteiger partial charge in [0.05, 0.1) is 0 Å². The van der Waals surface area contributed by atoms with Gasteiger partial charge >= 0.3 is 0 Å². The van der Waals surface area contributed by atoms with E-state index in [1.54, 1.807) is 24.5 Å². The summed E-state index contributed by atoms with van der Waals surface area (Å²) in [6.07, 6.45) is 6.03. The van der Waals surface area contributed by atoms with Crippen LogP contribution in [-0.4, -0.2) is 38.8 Å². The molecule has 0 atom stereocenters. The number of pyridine rings is 1. The van der Waals surface area contributed by atoms with Gasteiger partial charge in [0.1, 0.15) is 5.82 Å². The first-order chi connectivity index (χ1) is 14.6. The third-order valence-electron chi connectivity index (χ3n) is 5.88. The summed E-state index contributed by atoms with van der Waals surface area (Å²) in [5, 5.41) is 0. The molecule has 3 aromatic rings. The van der Waals surface area contributed by atoms with Crippen molar-refractivity contribution in [3.8, 4) is 11.4 Å². The van der Waals surface area contributed by atoms with E-state index in [2.05, 4.69) is 39.2 Å². The molecule has 30 heavy (non-hydrogen) atoms. The molecule has 0 aliphatic carbocycles. The third-order valence-corrected chi connectivity index (χ3v) is 5.88. The molecular weight excluding hydrogens is 376 g/mol. The number of nitrogens with zero attached hydrogens (tertiary/aromatic N) is 3. The molecular formula is C24H26N4O2. The number of aryl methyl sites for hydroxylation is 1. The SMILES string of the molecule is Cc1nc(-c2ccncc2)[nH]c(=O)c1CCC(=O)N1CCC(c2ccccc2)CC1. The van der Waals surface area contributed by atoms with Crippen molar-refractivity contribution < 1.29 is 4.79 Å². The molecule has 1 amide bonds. The Morgan fingerprint density at radius 3 is 2.47 bits per heavy atom. The number of amides is 1. The molecule has 154 valence electrons. The Morgan fingerprint density at radius 2 is 1.80 bits per heavy atom. The second-order valence-corrected chi connectivity index (χ2v) is 7.78. The van der Waals surface area contributed by atoms with Gasteiger partial charge in [-0.25, -0.2) is 4.98 Å². The fourth-order valence-corrected chi connectivity index (χ4v) is 4.13. The number of benzene rings is 1. The number of carbonyl (C=O) groups excluding carboxylic acids is 1. The monoisotopic (exact) mass is 402 g/mol. The van der Waals surface area contributed by atoms with Crippen molar-refractivity contribution in [2.45, 2.75) is 38.5 Å². The minimum atomic E-state index is -0.176. The van der Waals surface area contributed by atoms with Gasteiger partial charge < -0.3 is 9.88 Å². The van der Waals surface area contributed by atoms with E-state index in [9.17, 15) is 9.59 Å². The van der Waals surface area contributed by atoms with Gasteiger partial charge in [0.2, 0.25) is 5.91 Å². The summed E-state index contributed by atoms with van der Waals surface area (Å²) in [5.41, 5.74) is 3.24. The van der Waals surface area contributed by atoms with Crippen LogP contribution in [-0.2, 0) is 11.2 Å². The van der Waals surface area contributed by atoms with E-state index in [-0.39, 0.29) is 11.5 Å². The Labute approximate surface area is 176 Å². The van der Waals surface area contributed by atoms with Crippen LogP contribution in [0.2, 0.25) is 0 Å². The van der Waals surface area contributed by atoms with E-state index >= 15 is 0 Å². The number of hydrogen-bond donors (Lipinski definition) is 1. The summed E-state index contributed by atoms with van der Waals surface area (Å²) in [5.74, 6) is 1.15. The fourth-order valence-electron chi connectivity index (χ4n) is 4.13. The Morgan fingerprint density at radius 1 is 1.10 bits per heavy atom. The molecule has 0 bridgehead atoms. The second-order valence-electron chi connectivity index (χ2n) is 7.78. The van der Waals surface area contributed by atoms with Crippen LogP contribution < -0.4 is 5.56 Å². The average Bonchev–Trinajstić information content (AvgIpc) is 2.79. The Bertz CT molecular complexity index is 1060. The molecule has 0 unspecified atom stereocenters. The van der Waals surface area contributed by atoms with Gasteiger partial charge in [0.25, 0.3) is 5.56 Å². The van der Waals surface area contributed by atoms with E-state index in [0.717, 1.165) is 31.5 Å². The normalized spacial score (nSPS) is 14.6. The lowest BCUT2D eigenvalue weighted by atomic mass is 9.89. The molecule has 3 heterocycles. The molecule has 0 radical (unpaired) electrons. The van der Waals surface area contributed by atoms with Crippen LogP contribution in [0.5, 0.6) is 0 Å². The molecule has 0 spiro atoms. The highest BCUT2D eigenvalue weighted by Gasteiger charge is 2.24. The molecule has 1 aliphatic heterocycles. The highest BCUT2D eigenvalue weighted by Crippen LogP contribution is 2.28. The van der Waals surface area contributed by atoms with E-state index in [1.165, 1.54) is 5.56 Å². The summed E-state index contributed by atoms with van der Waals surface area (Å²) >= 11 is 0. The summed E-state index contributed by atoms with van der Waals surface area (Å²) in [4.78, 5) is 38.6. The maximum Gasteiger partial charge on any atom is 0.254 e. The third kappa shape index (κ3) is 4.48. The summed E-state index contributed by atoms with van der Waals surface area (Å²) in [6.45, 7) is 3.37. The number of likely N-dealkylation sites (tertiary alicyclic amines) is 1. The molecule has 1 saturated heterocycles. The van der Waals surface area contributed by atoms with Gasteiger partial charge in [-0.1, -0.05) is 30.3 Å². The number of aromatic nitrogens is 3. The molecule has 1 aliphatic rings. The van der Waals surface area contributed by atoms with Crippen LogP contribution in [0, 0.1) is 6.92 Å². The molecule has 1 N–H and O–H groups in total. The quantitative estimate of drug-likeness (QED) is 0.709. The maximum absolute atomic E-state index is 12.7. The highest BCUT2D eigenvalue weighted by atomic mass is 16.2. The minimum absolute atomic E-state index is 0.110. The zero-order valence-electron chi connectivity index (χ0n) is 17.2. The predicted molar refractivity (Wildman–Crippen MR) is 116 cm³/mol. The number of nitrogens with one attached hydrogen (secondary N) is 1. The molecule has 6 heteroatoms. The van der Waals surface area contributed by atoms with Gasteiger partial charge in [0.15, 0.2) is 0 Å². The van der Waals surface area contributed by atoms with Gasteiger partial charge in [-0.2, -0.15) is 0 Å². The minimum Gasteiger partial charge on any atom is -0.343 e. The zero-order valence-corrected chi connectivity index (χ0v) is 17.2. The van der Waals surface area contributed by atoms with Crippen molar-refractivity contribution in [3.63, 3.8) is 0 Å². The van der Waals surface area contributed by atoms with Crippen molar-refractivity contribution in [2.75, 3.05) is 13.1 Å². The van der Waals surface area contributed by atoms with Crippen LogP contribution in [0.15, 0.2) is 59.7 Å². The number of rotatable bonds is 5. The first-order valence-corrected chi connectivity index (χ1v) is 10.4. The fraction of sp³-hybridized carbons (Fsp3) is 0.333. The molecule has 6 nitrogen and oxygen atoms in total. The van der Waals surface area contributed by atoms with Crippen LogP contribution in [0.3, 0.4) is 0 Å². The van der Waals surface area contributed by atoms with Gasteiger partial charge in [-0.15, -0.1) is 0 Å². The Hall–Kier alpha value is -3.28. The number of piperidine rings is 1. The molecule has 1 aromatic carbocycles. The lowest BCUT2D eigenvalue weighted by Crippen LogP contribution is -2.38. The van der Waals surface area contributed by atoms with Crippen molar-refractivity contribution in [1.82, 2.24) is 19.9 Å². The molecule has 4 rings (SSSR count). The topological polar surface area (TPSA) is 79.0 Å². The smallest absolute Gasteiger partial charge is 0.254 e. The summed E-state index contributed by atoms with van der Waals surface area (Å²) < 4.78 is 0. The van der Waals surface area contributed by atoms with Crippen molar-refractivity contribution >= 4 is 5.91 Å². The second kappa shape index (κ2) is 9.03. The highest BCUT2D eigenvalue weighted by molar-refractivity contribution is 5.76. The molecule has 0 saturated carbocycles. The molecule has 2 aromatic heterocycles. The first kappa shape index (κ1) is 20.0. The van der Waals surface area contributed by atoms with Crippen LogP contribution in [0.25, 0.3) is 11.4 Å².